The predicted molar refractivity (Wildman–Crippen MR) is 71.7 cm³/mol. The molecule has 3 aromatic rings. The molecule has 0 atom stereocenters. The van der Waals surface area contributed by atoms with E-state index in [1.807, 2.05) is 29.6 Å². The summed E-state index contributed by atoms with van der Waals surface area (Å²) in [5, 5.41) is 2.81. The van der Waals surface area contributed by atoms with E-state index in [-0.39, 0.29) is 5.78 Å². The molecular formula is C13H7BrO2S. The largest absolute Gasteiger partial charge is 0.453 e. The van der Waals surface area contributed by atoms with E-state index in [9.17, 15) is 4.79 Å². The van der Waals surface area contributed by atoms with Crippen molar-refractivity contribution in [3.63, 3.8) is 0 Å². The van der Waals surface area contributed by atoms with Gasteiger partial charge in [0.1, 0.15) is 5.58 Å². The molecule has 0 amide bonds. The van der Waals surface area contributed by atoms with Crippen molar-refractivity contribution in [2.24, 2.45) is 0 Å². The van der Waals surface area contributed by atoms with E-state index in [0.29, 0.717) is 10.6 Å². The Morgan fingerprint density at radius 2 is 2.12 bits per heavy atom. The van der Waals surface area contributed by atoms with Gasteiger partial charge < -0.3 is 4.42 Å². The van der Waals surface area contributed by atoms with Crippen molar-refractivity contribution in [3.8, 4) is 0 Å². The van der Waals surface area contributed by atoms with Crippen molar-refractivity contribution >= 4 is 44.0 Å². The molecule has 1 aromatic carbocycles. The lowest BCUT2D eigenvalue weighted by Crippen LogP contribution is -1.95. The first-order chi connectivity index (χ1) is 8.24. The molecule has 0 saturated carbocycles. The molecule has 0 aliphatic rings. The maximum absolute atomic E-state index is 12.1. The summed E-state index contributed by atoms with van der Waals surface area (Å²) in [6, 6.07) is 11.1. The molecule has 84 valence electrons. The maximum atomic E-state index is 12.1. The molecule has 0 radical (unpaired) electrons. The number of thiophene rings is 1. The van der Waals surface area contributed by atoms with Crippen LogP contribution in [-0.4, -0.2) is 5.78 Å². The lowest BCUT2D eigenvalue weighted by Gasteiger charge is -1.90. The maximum Gasteiger partial charge on any atom is 0.238 e. The summed E-state index contributed by atoms with van der Waals surface area (Å²) in [5.74, 6) is 0.327. The van der Waals surface area contributed by atoms with Gasteiger partial charge >= 0.3 is 0 Å². The van der Waals surface area contributed by atoms with Crippen LogP contribution in [0.4, 0.5) is 0 Å². The second kappa shape index (κ2) is 4.13. The van der Waals surface area contributed by atoms with Crippen LogP contribution in [0.1, 0.15) is 15.4 Å². The fourth-order valence-corrected chi connectivity index (χ4v) is 2.70. The molecule has 0 fully saturated rings. The van der Waals surface area contributed by atoms with Crippen LogP contribution in [0, 0.1) is 0 Å². The van der Waals surface area contributed by atoms with Gasteiger partial charge in [0.2, 0.25) is 5.78 Å². The Kier molecular flexibility index (Phi) is 2.61. The molecule has 0 saturated heterocycles. The van der Waals surface area contributed by atoms with Gasteiger partial charge in [-0.3, -0.25) is 4.79 Å². The first-order valence-electron chi connectivity index (χ1n) is 5.01. The topological polar surface area (TPSA) is 30.2 Å². The molecule has 0 N–H and O–H groups in total. The number of carbonyl (C=O) groups is 1. The summed E-state index contributed by atoms with van der Waals surface area (Å²) >= 11 is 4.81. The van der Waals surface area contributed by atoms with Gasteiger partial charge in [0.05, 0.1) is 4.88 Å². The van der Waals surface area contributed by atoms with Gasteiger partial charge in [0.25, 0.3) is 0 Å². The highest BCUT2D eigenvalue weighted by Crippen LogP contribution is 2.25. The number of ketones is 1. The SMILES string of the molecule is O=C(c1cc2cc(Br)ccc2o1)c1cccs1. The fourth-order valence-electron chi connectivity index (χ4n) is 1.66. The fraction of sp³-hybridized carbons (Fsp3) is 0. The van der Waals surface area contributed by atoms with Crippen molar-refractivity contribution in [1.29, 1.82) is 0 Å². The molecule has 0 bridgehead atoms. The van der Waals surface area contributed by atoms with Crippen LogP contribution in [0.15, 0.2) is 50.7 Å². The molecule has 2 heterocycles. The van der Waals surface area contributed by atoms with Crippen LogP contribution in [0.3, 0.4) is 0 Å². The van der Waals surface area contributed by atoms with E-state index in [1.54, 1.807) is 12.1 Å². The molecule has 0 aliphatic carbocycles. The molecule has 0 unspecified atom stereocenters. The Labute approximate surface area is 110 Å². The van der Waals surface area contributed by atoms with E-state index in [4.69, 9.17) is 4.42 Å². The number of furan rings is 1. The minimum atomic E-state index is -0.0627. The Balaban J connectivity index is 2.09. The lowest BCUT2D eigenvalue weighted by molar-refractivity contribution is 0.101. The van der Waals surface area contributed by atoms with Crippen LogP contribution in [0.2, 0.25) is 0 Å². The summed E-state index contributed by atoms with van der Waals surface area (Å²) in [4.78, 5) is 12.8. The molecule has 2 aromatic heterocycles. The summed E-state index contributed by atoms with van der Waals surface area (Å²) in [7, 11) is 0. The quantitative estimate of drug-likeness (QED) is 0.653. The molecule has 0 spiro atoms. The summed E-state index contributed by atoms with van der Waals surface area (Å²) in [5.41, 5.74) is 0.730. The molecule has 2 nitrogen and oxygen atoms in total. The zero-order valence-electron chi connectivity index (χ0n) is 8.64. The second-order valence-electron chi connectivity index (χ2n) is 3.60. The zero-order chi connectivity index (χ0) is 11.8. The van der Waals surface area contributed by atoms with Crippen LogP contribution in [0.25, 0.3) is 11.0 Å². The van der Waals surface area contributed by atoms with Crippen molar-refractivity contribution in [2.45, 2.75) is 0 Å². The van der Waals surface area contributed by atoms with Crippen molar-refractivity contribution in [3.05, 3.63) is 56.9 Å². The third-order valence-electron chi connectivity index (χ3n) is 2.45. The number of carbonyl (C=O) groups excluding carboxylic acids is 1. The smallest absolute Gasteiger partial charge is 0.238 e. The van der Waals surface area contributed by atoms with Gasteiger partial charge in [0, 0.05) is 9.86 Å². The van der Waals surface area contributed by atoms with Crippen molar-refractivity contribution in [2.75, 3.05) is 0 Å². The van der Waals surface area contributed by atoms with Crippen molar-refractivity contribution in [1.82, 2.24) is 0 Å². The highest BCUT2D eigenvalue weighted by molar-refractivity contribution is 9.10. The third kappa shape index (κ3) is 1.94. The van der Waals surface area contributed by atoms with Crippen LogP contribution in [-0.2, 0) is 0 Å². The van der Waals surface area contributed by atoms with E-state index in [0.717, 1.165) is 15.4 Å². The van der Waals surface area contributed by atoms with Gasteiger partial charge in [0.15, 0.2) is 5.76 Å². The number of rotatable bonds is 2. The molecule has 17 heavy (non-hydrogen) atoms. The molecule has 0 aliphatic heterocycles. The minimum absolute atomic E-state index is 0.0627. The van der Waals surface area contributed by atoms with E-state index < -0.39 is 0 Å². The minimum Gasteiger partial charge on any atom is -0.453 e. The number of benzene rings is 1. The van der Waals surface area contributed by atoms with Gasteiger partial charge in [-0.25, -0.2) is 0 Å². The second-order valence-corrected chi connectivity index (χ2v) is 5.46. The number of hydrogen-bond donors (Lipinski definition) is 0. The monoisotopic (exact) mass is 306 g/mol. The number of halogens is 1. The highest BCUT2D eigenvalue weighted by atomic mass is 79.9. The van der Waals surface area contributed by atoms with E-state index in [2.05, 4.69) is 15.9 Å². The Bertz CT molecular complexity index is 683. The van der Waals surface area contributed by atoms with E-state index in [1.165, 1.54) is 11.3 Å². The Hall–Kier alpha value is -1.39. The predicted octanol–water partition coefficient (Wildman–Crippen LogP) is 4.49. The van der Waals surface area contributed by atoms with E-state index >= 15 is 0 Å². The zero-order valence-corrected chi connectivity index (χ0v) is 11.0. The molecule has 3 rings (SSSR count). The standard InChI is InChI=1S/C13H7BrO2S/c14-9-3-4-10-8(6-9)7-11(16-10)13(15)12-2-1-5-17-12/h1-7H. The normalized spacial score (nSPS) is 10.9. The first-order valence-corrected chi connectivity index (χ1v) is 6.68. The van der Waals surface area contributed by atoms with Crippen LogP contribution >= 0.6 is 27.3 Å². The number of fused-ring (bicyclic) bond motifs is 1. The van der Waals surface area contributed by atoms with Gasteiger partial charge in [-0.05, 0) is 35.7 Å². The summed E-state index contributed by atoms with van der Waals surface area (Å²) < 4.78 is 6.52. The third-order valence-corrected chi connectivity index (χ3v) is 3.81. The first kappa shape index (κ1) is 10.7. The highest BCUT2D eigenvalue weighted by Gasteiger charge is 2.15. The van der Waals surface area contributed by atoms with Crippen molar-refractivity contribution < 1.29 is 9.21 Å². The molecule has 4 heteroatoms. The van der Waals surface area contributed by atoms with Gasteiger partial charge in [-0.1, -0.05) is 22.0 Å². The Morgan fingerprint density at radius 3 is 2.88 bits per heavy atom. The van der Waals surface area contributed by atoms with Gasteiger partial charge in [-0.15, -0.1) is 11.3 Å². The number of hydrogen-bond acceptors (Lipinski definition) is 3. The summed E-state index contributed by atoms with van der Waals surface area (Å²) in [6.45, 7) is 0. The summed E-state index contributed by atoms with van der Waals surface area (Å²) in [6.07, 6.45) is 0. The average molecular weight is 307 g/mol. The van der Waals surface area contributed by atoms with Crippen LogP contribution in [0.5, 0.6) is 0 Å². The average Bonchev–Trinajstić information content (AvgIpc) is 2.96. The Morgan fingerprint density at radius 1 is 1.24 bits per heavy atom. The lowest BCUT2D eigenvalue weighted by atomic mass is 10.2. The molecular weight excluding hydrogens is 300 g/mol. The van der Waals surface area contributed by atoms with Crippen LogP contribution < -0.4 is 0 Å². The van der Waals surface area contributed by atoms with Gasteiger partial charge in [-0.2, -0.15) is 0 Å².